The molecule has 0 amide bonds. The molecule has 1 aliphatic carbocycles. The van der Waals surface area contributed by atoms with Crippen molar-refractivity contribution in [3.05, 3.63) is 0 Å². The highest BCUT2D eigenvalue weighted by atomic mass is 16.6. The summed E-state index contributed by atoms with van der Waals surface area (Å²) < 4.78 is 36.9. The summed E-state index contributed by atoms with van der Waals surface area (Å²) in [7, 11) is 0. The third-order valence-electron chi connectivity index (χ3n) is 7.84. The van der Waals surface area contributed by atoms with Gasteiger partial charge in [-0.1, -0.05) is 34.6 Å². The molecule has 9 heteroatoms. The molecule has 7 atom stereocenters. The number of Topliss-reactive ketones (excluding diaryl/α,β-unsaturated/α-hetero) is 1. The zero-order valence-corrected chi connectivity index (χ0v) is 24.2. The average Bonchev–Trinajstić information content (AvgIpc) is 3.23. The Hall–Kier alpha value is -0.650. The van der Waals surface area contributed by atoms with Gasteiger partial charge in [0.25, 0.3) is 0 Å². The normalized spacial score (nSPS) is 33.9. The fraction of sp³-hybridized carbons (Fsp3) is 0.966. The summed E-state index contributed by atoms with van der Waals surface area (Å²) >= 11 is 0. The van der Waals surface area contributed by atoms with Gasteiger partial charge in [-0.25, -0.2) is 0 Å². The lowest BCUT2D eigenvalue weighted by Crippen LogP contribution is -2.50. The summed E-state index contributed by atoms with van der Waals surface area (Å²) in [4.78, 5) is 13.4. The number of rotatable bonds is 10. The minimum absolute atomic E-state index is 0.0384. The van der Waals surface area contributed by atoms with Crippen LogP contribution < -0.4 is 0 Å². The van der Waals surface area contributed by atoms with Crippen molar-refractivity contribution in [2.75, 3.05) is 52.9 Å². The maximum absolute atomic E-state index is 13.4. The lowest BCUT2D eigenvalue weighted by Gasteiger charge is -2.41. The summed E-state index contributed by atoms with van der Waals surface area (Å²) in [6, 6.07) is 0. The molecule has 38 heavy (non-hydrogen) atoms. The number of carbonyl (C=O) groups is 1. The van der Waals surface area contributed by atoms with Crippen molar-refractivity contribution in [2.24, 2.45) is 16.7 Å². The van der Waals surface area contributed by atoms with E-state index in [1.807, 2.05) is 13.8 Å². The molecule has 9 nitrogen and oxygen atoms in total. The van der Waals surface area contributed by atoms with Gasteiger partial charge in [0, 0.05) is 31.0 Å². The molecular formula is C29H52O9. The molecule has 0 aromatic carbocycles. The van der Waals surface area contributed by atoms with Gasteiger partial charge in [0.2, 0.25) is 0 Å². The zero-order valence-electron chi connectivity index (χ0n) is 24.2. The number of ketones is 1. The first-order valence-electron chi connectivity index (χ1n) is 14.5. The smallest absolute Gasteiger partial charge is 0.167 e. The van der Waals surface area contributed by atoms with Crippen LogP contribution in [0.1, 0.15) is 73.1 Å². The quantitative estimate of drug-likeness (QED) is 0.429. The highest BCUT2D eigenvalue weighted by Gasteiger charge is 2.46. The van der Waals surface area contributed by atoms with Gasteiger partial charge in [-0.2, -0.15) is 0 Å². The Morgan fingerprint density at radius 3 is 2.21 bits per heavy atom. The summed E-state index contributed by atoms with van der Waals surface area (Å²) in [6.45, 7) is 12.8. The molecule has 3 rings (SSSR count). The molecule has 0 aromatic rings. The predicted molar refractivity (Wildman–Crippen MR) is 142 cm³/mol. The molecule has 222 valence electrons. The van der Waals surface area contributed by atoms with E-state index in [9.17, 15) is 15.0 Å². The van der Waals surface area contributed by atoms with Crippen LogP contribution in [-0.2, 0) is 33.2 Å². The second-order valence-electron chi connectivity index (χ2n) is 12.8. The standard InChI is InChI=1S/C29H52O9/c1-28(2,3)19-29(4,5)27(32)24-9-14-33-13-8-22-21(10-15-34-24)37-18-25(38-22)20-6-7-23(35-16-11-30)26(20)36-17-12-31/h20-26,30-31H,6-19H2,1-5H3. The highest BCUT2D eigenvalue weighted by Crippen LogP contribution is 2.38. The Morgan fingerprint density at radius 1 is 0.816 bits per heavy atom. The Labute approximate surface area is 228 Å². The minimum Gasteiger partial charge on any atom is -0.394 e. The molecule has 0 radical (unpaired) electrons. The molecule has 2 saturated heterocycles. The fourth-order valence-corrected chi connectivity index (χ4v) is 6.54. The fourth-order valence-electron chi connectivity index (χ4n) is 6.54. The lowest BCUT2D eigenvalue weighted by molar-refractivity contribution is -0.216. The number of fused-ring (bicyclic) bond motifs is 1. The van der Waals surface area contributed by atoms with Gasteiger partial charge in [0.15, 0.2) is 5.78 Å². The Morgan fingerprint density at radius 2 is 1.50 bits per heavy atom. The van der Waals surface area contributed by atoms with E-state index in [-0.39, 0.29) is 74.1 Å². The molecule has 7 unspecified atom stereocenters. The summed E-state index contributed by atoms with van der Waals surface area (Å²) in [5.41, 5.74) is -0.426. The molecule has 0 aromatic heterocycles. The van der Waals surface area contributed by atoms with Crippen molar-refractivity contribution in [1.29, 1.82) is 0 Å². The topological polar surface area (TPSA) is 113 Å². The van der Waals surface area contributed by atoms with Gasteiger partial charge in [0.1, 0.15) is 6.10 Å². The van der Waals surface area contributed by atoms with Gasteiger partial charge >= 0.3 is 0 Å². The second-order valence-corrected chi connectivity index (χ2v) is 12.8. The average molecular weight is 545 g/mol. The molecule has 2 N–H and O–H groups in total. The first-order chi connectivity index (χ1) is 18.1. The van der Waals surface area contributed by atoms with Crippen molar-refractivity contribution in [3.63, 3.8) is 0 Å². The van der Waals surface area contributed by atoms with Crippen molar-refractivity contribution in [1.82, 2.24) is 0 Å². The van der Waals surface area contributed by atoms with E-state index in [2.05, 4.69) is 20.8 Å². The van der Waals surface area contributed by atoms with Crippen molar-refractivity contribution in [3.8, 4) is 0 Å². The molecular weight excluding hydrogens is 492 g/mol. The minimum atomic E-state index is -0.486. The Bertz CT molecular complexity index is 707. The number of ether oxygens (including phenoxy) is 6. The lowest BCUT2D eigenvalue weighted by atomic mass is 9.72. The number of hydrogen-bond donors (Lipinski definition) is 2. The van der Waals surface area contributed by atoms with Crippen LogP contribution in [0.5, 0.6) is 0 Å². The van der Waals surface area contributed by atoms with E-state index >= 15 is 0 Å². The van der Waals surface area contributed by atoms with Crippen LogP contribution in [0.25, 0.3) is 0 Å². The van der Waals surface area contributed by atoms with Crippen LogP contribution in [0.2, 0.25) is 0 Å². The first-order valence-corrected chi connectivity index (χ1v) is 14.5. The van der Waals surface area contributed by atoms with E-state index in [1.165, 1.54) is 0 Å². The van der Waals surface area contributed by atoms with Gasteiger partial charge in [-0.3, -0.25) is 4.79 Å². The van der Waals surface area contributed by atoms with Crippen molar-refractivity contribution < 1.29 is 43.4 Å². The van der Waals surface area contributed by atoms with E-state index in [0.29, 0.717) is 45.7 Å². The Kier molecular flexibility index (Phi) is 12.4. The van der Waals surface area contributed by atoms with E-state index in [0.717, 1.165) is 19.3 Å². The monoisotopic (exact) mass is 544 g/mol. The number of aliphatic hydroxyl groups is 2. The molecule has 1 saturated carbocycles. The third-order valence-corrected chi connectivity index (χ3v) is 7.84. The van der Waals surface area contributed by atoms with E-state index in [4.69, 9.17) is 28.4 Å². The molecule has 3 aliphatic rings. The van der Waals surface area contributed by atoms with Gasteiger partial charge in [-0.05, 0) is 37.5 Å². The largest absolute Gasteiger partial charge is 0.394 e. The summed E-state index contributed by atoms with van der Waals surface area (Å²) in [5.74, 6) is 0.217. The molecule has 2 aliphatic heterocycles. The van der Waals surface area contributed by atoms with E-state index in [1.54, 1.807) is 0 Å². The van der Waals surface area contributed by atoms with Crippen molar-refractivity contribution in [2.45, 2.75) is 110 Å². The number of hydrogen-bond acceptors (Lipinski definition) is 9. The van der Waals surface area contributed by atoms with E-state index < -0.39 is 11.5 Å². The molecule has 2 heterocycles. The van der Waals surface area contributed by atoms with Crippen LogP contribution in [-0.4, -0.2) is 105 Å². The maximum atomic E-state index is 13.4. The molecule has 0 bridgehead atoms. The van der Waals surface area contributed by atoms with Crippen LogP contribution in [0.15, 0.2) is 0 Å². The zero-order chi connectivity index (χ0) is 27.8. The van der Waals surface area contributed by atoms with Gasteiger partial charge in [-0.15, -0.1) is 0 Å². The maximum Gasteiger partial charge on any atom is 0.167 e. The van der Waals surface area contributed by atoms with Crippen LogP contribution in [0.3, 0.4) is 0 Å². The van der Waals surface area contributed by atoms with Gasteiger partial charge in [0.05, 0.1) is 70.2 Å². The Balaban J connectivity index is 1.60. The molecule has 0 spiro atoms. The highest BCUT2D eigenvalue weighted by molar-refractivity contribution is 5.88. The number of aliphatic hydroxyl groups excluding tert-OH is 2. The van der Waals surface area contributed by atoms with Crippen LogP contribution in [0, 0.1) is 16.7 Å². The van der Waals surface area contributed by atoms with Crippen LogP contribution >= 0.6 is 0 Å². The van der Waals surface area contributed by atoms with Crippen molar-refractivity contribution >= 4 is 5.78 Å². The SMILES string of the molecule is CC(C)(C)CC(C)(C)C(=O)C1CCOCCC2OC(C3CCC(OCCO)C3OCCO)COC2CCO1. The van der Waals surface area contributed by atoms with Crippen LogP contribution in [0.4, 0.5) is 0 Å². The summed E-state index contributed by atoms with van der Waals surface area (Å²) in [5, 5.41) is 18.5. The second kappa shape index (κ2) is 14.8. The third kappa shape index (κ3) is 9.20. The first kappa shape index (κ1) is 31.9. The summed E-state index contributed by atoms with van der Waals surface area (Å²) in [6.07, 6.45) is 3.10. The molecule has 3 fully saturated rings. The van der Waals surface area contributed by atoms with Gasteiger partial charge < -0.3 is 38.6 Å². The number of carbonyl (C=O) groups excluding carboxylic acids is 1. The predicted octanol–water partition coefficient (Wildman–Crippen LogP) is 2.92.